The maximum Gasteiger partial charge on any atom is 0.389 e. The van der Waals surface area contributed by atoms with E-state index in [4.69, 9.17) is 53.2 Å². The molecule has 0 saturated carbocycles. The van der Waals surface area contributed by atoms with Gasteiger partial charge in [0.2, 0.25) is 0 Å². The summed E-state index contributed by atoms with van der Waals surface area (Å²) < 4.78 is 117. The highest BCUT2D eigenvalue weighted by Gasteiger charge is 2.54. The Kier molecular flexibility index (Phi) is 13.5. The number of nitrogen functional groups attached to an aromatic ring is 2. The van der Waals surface area contributed by atoms with Gasteiger partial charge in [0.1, 0.15) is 60.5 Å². The molecule has 8 rings (SSSR count). The number of aromatic nitrogens is 8. The lowest BCUT2D eigenvalue weighted by atomic mass is 10.1. The van der Waals surface area contributed by atoms with Gasteiger partial charge in [-0.3, -0.25) is 22.7 Å². The van der Waals surface area contributed by atoms with Crippen LogP contribution in [0, 0.1) is 0 Å². The number of hydrogen-bond donors (Lipinski definition) is 2. The number of nitrogens with two attached hydrogens (primary N) is 2. The molecule has 7 heterocycles. The van der Waals surface area contributed by atoms with Crippen molar-refractivity contribution < 1.29 is 59.7 Å². The third-order valence-corrected chi connectivity index (χ3v) is 14.7. The molecule has 27 heteroatoms. The van der Waals surface area contributed by atoms with Gasteiger partial charge >= 0.3 is 6.80 Å². The van der Waals surface area contributed by atoms with Crippen LogP contribution in [0.25, 0.3) is 22.3 Å². The summed E-state index contributed by atoms with van der Waals surface area (Å²) in [4.78, 5) is 24.6. The minimum atomic E-state index is -4.44. The molecule has 3 aliphatic heterocycles. The van der Waals surface area contributed by atoms with Crippen molar-refractivity contribution in [1.29, 1.82) is 0 Å². The molecule has 4 N–H and O–H groups in total. The van der Waals surface area contributed by atoms with E-state index in [1.54, 1.807) is 24.3 Å². The Morgan fingerprint density at radius 2 is 1.31 bits per heavy atom. The van der Waals surface area contributed by atoms with Crippen LogP contribution in [0.3, 0.4) is 0 Å². The minimum absolute atomic E-state index is 0.0544. The SMILES string of the molecule is B[P@]1(=O)OC[C@H]2O[C@@H](n3cnc4c(N)ncnc43)[C@H](F)[C@@H]2O[P@@](=O)(SCc2ccc(OCCOCCOCCC)cc2)OC[C@H]2O[C@@H](n3cnc4c(N)ncnc43)[C@H](F)[C@@H]2O1. The van der Waals surface area contributed by atoms with Gasteiger partial charge < -0.3 is 44.2 Å². The molecule has 61 heavy (non-hydrogen) atoms. The zero-order valence-electron chi connectivity index (χ0n) is 32.9. The largest absolute Gasteiger partial charge is 0.491 e. The molecule has 4 aromatic heterocycles. The van der Waals surface area contributed by atoms with E-state index < -0.39 is 76.7 Å². The maximum atomic E-state index is 16.8. The van der Waals surface area contributed by atoms with E-state index in [1.807, 2.05) is 6.92 Å². The smallest absolute Gasteiger partial charge is 0.389 e. The summed E-state index contributed by atoms with van der Waals surface area (Å²) in [7, 11) is -3.03. The summed E-state index contributed by atoms with van der Waals surface area (Å²) in [5, 5.41) is 0. The molecule has 3 saturated heterocycles. The topological polar surface area (TPSA) is 256 Å². The van der Waals surface area contributed by atoms with Crippen molar-refractivity contribution in [2.24, 2.45) is 0 Å². The van der Waals surface area contributed by atoms with Gasteiger partial charge in [0.15, 0.2) is 47.7 Å². The van der Waals surface area contributed by atoms with Gasteiger partial charge in [-0.25, -0.2) is 43.2 Å². The van der Waals surface area contributed by atoms with Crippen molar-refractivity contribution in [3.8, 4) is 5.75 Å². The van der Waals surface area contributed by atoms with Crippen LogP contribution in [0.2, 0.25) is 0 Å². The van der Waals surface area contributed by atoms with Crippen molar-refractivity contribution in [1.82, 2.24) is 39.0 Å². The first-order valence-electron chi connectivity index (χ1n) is 19.2. The van der Waals surface area contributed by atoms with E-state index >= 15 is 8.78 Å². The predicted molar refractivity (Wildman–Crippen MR) is 218 cm³/mol. The van der Waals surface area contributed by atoms with Crippen molar-refractivity contribution in [2.45, 2.75) is 68.3 Å². The fraction of sp³-hybridized carbons (Fsp3) is 0.529. The lowest BCUT2D eigenvalue weighted by molar-refractivity contribution is -0.0546. The average Bonchev–Trinajstić information content (AvgIpc) is 4.02. The van der Waals surface area contributed by atoms with Crippen LogP contribution in [0.4, 0.5) is 20.4 Å². The summed E-state index contributed by atoms with van der Waals surface area (Å²) in [6.45, 7) is -1.28. The Hall–Kier alpha value is -3.87. The number of fused-ring (bicyclic) bond motifs is 4. The van der Waals surface area contributed by atoms with Gasteiger partial charge in [0.25, 0.3) is 15.0 Å². The summed E-state index contributed by atoms with van der Waals surface area (Å²) in [6, 6.07) is 7.00. The fourth-order valence-electron chi connectivity index (χ4n) is 6.86. The Bertz CT molecular complexity index is 2390. The minimum Gasteiger partial charge on any atom is -0.491 e. The van der Waals surface area contributed by atoms with Crippen LogP contribution < -0.4 is 16.2 Å². The standard InChI is InChI=1S/C34H43BF2N10O11P2S/c1-2-7-50-8-9-51-10-11-52-20-5-3-19(4-6-20)14-61-60(49)54-13-22-27(23(36)33(56-22)46-17-44-25-29(38)40-15-42-31(25)46)57-59(35,48)53-12-21-28(58-60)24(37)34(55-21)47-18-45-26-30(39)41-16-43-32(26)47/h3-6,15-18,21-24,27-28,33-34H,2,7-14,35H2,1H3,(H2,38,40,42)(H2,39,41,43)/t21-,22-,23-,24-,27-,28-,33-,34-,59+,60+/m1/s1. The molecule has 5 aromatic rings. The molecular weight excluding hydrogens is 867 g/mol. The molecule has 3 fully saturated rings. The van der Waals surface area contributed by atoms with Gasteiger partial charge in [0, 0.05) is 12.4 Å². The second-order valence-corrected chi connectivity index (χ2v) is 20.2. The van der Waals surface area contributed by atoms with Gasteiger partial charge in [-0.15, -0.1) is 0 Å². The van der Waals surface area contributed by atoms with E-state index in [-0.39, 0.29) is 39.7 Å². The Labute approximate surface area is 352 Å². The zero-order chi connectivity index (χ0) is 42.7. The highest BCUT2D eigenvalue weighted by molar-refractivity contribution is 8.54. The molecule has 0 amide bonds. The van der Waals surface area contributed by atoms with E-state index in [1.165, 1.54) is 34.4 Å². The number of halogens is 2. The first-order chi connectivity index (χ1) is 29.4. The van der Waals surface area contributed by atoms with Gasteiger partial charge in [-0.2, -0.15) is 0 Å². The van der Waals surface area contributed by atoms with E-state index in [9.17, 15) is 9.13 Å². The summed E-state index contributed by atoms with van der Waals surface area (Å²) in [6.07, 6.45) is -7.01. The lowest BCUT2D eigenvalue weighted by Crippen LogP contribution is -2.37. The van der Waals surface area contributed by atoms with Crippen LogP contribution in [-0.2, 0) is 51.9 Å². The Balaban J connectivity index is 1.03. The molecule has 1 aromatic carbocycles. The molecule has 0 radical (unpaired) electrons. The second-order valence-electron chi connectivity index (χ2n) is 14.1. The number of benzene rings is 1. The van der Waals surface area contributed by atoms with E-state index in [0.717, 1.165) is 25.4 Å². The van der Waals surface area contributed by atoms with E-state index in [2.05, 4.69) is 29.9 Å². The summed E-state index contributed by atoms with van der Waals surface area (Å²) >= 11 is 0.761. The van der Waals surface area contributed by atoms with Crippen LogP contribution >= 0.6 is 25.7 Å². The summed E-state index contributed by atoms with van der Waals surface area (Å²) in [5.41, 5.74) is 13.3. The first-order valence-corrected chi connectivity index (χ1v) is 24.4. The van der Waals surface area contributed by atoms with Gasteiger partial charge in [0.05, 0.1) is 45.7 Å². The molecule has 10 atom stereocenters. The van der Waals surface area contributed by atoms with Crippen molar-refractivity contribution in [2.75, 3.05) is 57.7 Å². The maximum absolute atomic E-state index is 16.8. The number of ether oxygens (including phenoxy) is 5. The highest BCUT2D eigenvalue weighted by Crippen LogP contribution is 2.65. The van der Waals surface area contributed by atoms with Crippen LogP contribution in [0.1, 0.15) is 31.4 Å². The molecule has 0 bridgehead atoms. The Morgan fingerprint density at radius 3 is 1.90 bits per heavy atom. The number of imidazole rings is 2. The van der Waals surface area contributed by atoms with Gasteiger partial charge in [-0.1, -0.05) is 19.1 Å². The van der Waals surface area contributed by atoms with Crippen molar-refractivity contribution in [3.63, 3.8) is 0 Å². The first kappa shape index (κ1) is 43.8. The third-order valence-electron chi connectivity index (χ3n) is 9.82. The quantitative estimate of drug-likeness (QED) is 0.0914. The molecular formula is C34H43BF2N10O11P2S. The lowest BCUT2D eigenvalue weighted by Gasteiger charge is -2.30. The summed E-state index contributed by atoms with van der Waals surface area (Å²) in [5.74, 6) is 0.746. The second kappa shape index (κ2) is 18.9. The zero-order valence-corrected chi connectivity index (χ0v) is 35.5. The van der Waals surface area contributed by atoms with E-state index in [0.29, 0.717) is 44.3 Å². The molecule has 21 nitrogen and oxygen atoms in total. The van der Waals surface area contributed by atoms with Crippen molar-refractivity contribution in [3.05, 3.63) is 55.1 Å². The molecule has 0 unspecified atom stereocenters. The van der Waals surface area contributed by atoms with Crippen LogP contribution in [-0.4, -0.2) is 130 Å². The predicted octanol–water partition coefficient (Wildman–Crippen LogP) is 3.72. The third kappa shape index (κ3) is 9.71. The number of rotatable bonds is 14. The number of anilines is 2. The van der Waals surface area contributed by atoms with Crippen molar-refractivity contribution >= 4 is 67.2 Å². The number of nitrogens with zero attached hydrogens (tertiary/aromatic N) is 8. The molecule has 0 aliphatic carbocycles. The van der Waals surface area contributed by atoms with Crippen LogP contribution in [0.5, 0.6) is 5.75 Å². The molecule has 328 valence electrons. The monoisotopic (exact) mass is 910 g/mol. The number of alkyl halides is 2. The molecule has 3 aliphatic rings. The molecule has 0 spiro atoms. The van der Waals surface area contributed by atoms with Crippen LogP contribution in [0.15, 0.2) is 49.6 Å². The normalized spacial score (nSPS) is 30.8. The number of hydrogen-bond acceptors (Lipinski definition) is 20. The average molecular weight is 911 g/mol. The Morgan fingerprint density at radius 1 is 0.770 bits per heavy atom. The highest BCUT2D eigenvalue weighted by atomic mass is 32.7. The fourth-order valence-corrected chi connectivity index (χ4v) is 11.4. The van der Waals surface area contributed by atoms with Gasteiger partial charge in [-0.05, 0) is 35.5 Å².